The van der Waals surface area contributed by atoms with Gasteiger partial charge in [-0.3, -0.25) is 19.4 Å². The molecule has 128 valence electrons. The molecule has 7 heteroatoms. The van der Waals surface area contributed by atoms with Gasteiger partial charge in [-0.2, -0.15) is 0 Å². The standard InChI is InChI=1S/C15H29N3O4/c1-4-13(15(20)21)18-9-7-17(8-10-18)12(2)14(19)16-6-5-11-22-3/h12-13H,4-11H2,1-3H3,(H,16,19)(H,20,21). The maximum atomic E-state index is 12.1. The Labute approximate surface area is 132 Å². The third kappa shape index (κ3) is 5.55. The molecular weight excluding hydrogens is 286 g/mol. The molecule has 22 heavy (non-hydrogen) atoms. The van der Waals surface area contributed by atoms with Crippen LogP contribution in [0.4, 0.5) is 0 Å². The van der Waals surface area contributed by atoms with E-state index in [1.165, 1.54) is 0 Å². The van der Waals surface area contributed by atoms with Gasteiger partial charge < -0.3 is 15.2 Å². The van der Waals surface area contributed by atoms with Crippen molar-refractivity contribution >= 4 is 11.9 Å². The minimum absolute atomic E-state index is 0.0230. The number of amides is 1. The second kappa shape index (κ2) is 9.76. The summed E-state index contributed by atoms with van der Waals surface area (Å²) in [6.45, 7) is 7.86. The van der Waals surface area contributed by atoms with E-state index < -0.39 is 12.0 Å². The molecule has 1 saturated heterocycles. The molecule has 0 aromatic rings. The summed E-state index contributed by atoms with van der Waals surface area (Å²) in [4.78, 5) is 27.4. The summed E-state index contributed by atoms with van der Waals surface area (Å²) in [7, 11) is 1.64. The number of ether oxygens (including phenoxy) is 1. The Bertz CT molecular complexity index is 357. The predicted molar refractivity (Wildman–Crippen MR) is 83.8 cm³/mol. The number of carboxylic acids is 1. The van der Waals surface area contributed by atoms with Crippen LogP contribution in [-0.4, -0.2) is 85.3 Å². The quantitative estimate of drug-likeness (QED) is 0.583. The van der Waals surface area contributed by atoms with Gasteiger partial charge in [0.15, 0.2) is 0 Å². The van der Waals surface area contributed by atoms with Gasteiger partial charge in [0.1, 0.15) is 6.04 Å². The minimum atomic E-state index is -0.764. The van der Waals surface area contributed by atoms with Gasteiger partial charge in [-0.05, 0) is 19.8 Å². The number of hydrogen-bond donors (Lipinski definition) is 2. The van der Waals surface area contributed by atoms with Gasteiger partial charge in [-0.25, -0.2) is 0 Å². The Hall–Kier alpha value is -1.18. The number of methoxy groups -OCH3 is 1. The molecule has 2 N–H and O–H groups in total. The first-order valence-corrected chi connectivity index (χ1v) is 7.98. The van der Waals surface area contributed by atoms with Crippen LogP contribution in [0.2, 0.25) is 0 Å². The van der Waals surface area contributed by atoms with Crippen LogP contribution >= 0.6 is 0 Å². The molecule has 1 amide bonds. The summed E-state index contributed by atoms with van der Waals surface area (Å²) >= 11 is 0. The highest BCUT2D eigenvalue weighted by molar-refractivity contribution is 5.81. The van der Waals surface area contributed by atoms with Crippen LogP contribution in [0.1, 0.15) is 26.7 Å². The molecule has 2 unspecified atom stereocenters. The van der Waals surface area contributed by atoms with Gasteiger partial charge in [0.05, 0.1) is 6.04 Å². The van der Waals surface area contributed by atoms with Crippen LogP contribution < -0.4 is 5.32 Å². The van der Waals surface area contributed by atoms with E-state index in [0.29, 0.717) is 32.7 Å². The first-order valence-electron chi connectivity index (χ1n) is 7.98. The Morgan fingerprint density at radius 1 is 1.23 bits per heavy atom. The molecule has 1 aliphatic heterocycles. The van der Waals surface area contributed by atoms with Crippen molar-refractivity contribution < 1.29 is 19.4 Å². The van der Waals surface area contributed by atoms with Crippen LogP contribution in [0.3, 0.4) is 0 Å². The van der Waals surface area contributed by atoms with Crippen LogP contribution in [0, 0.1) is 0 Å². The van der Waals surface area contributed by atoms with Crippen LogP contribution in [0.15, 0.2) is 0 Å². The van der Waals surface area contributed by atoms with Gasteiger partial charge in [-0.15, -0.1) is 0 Å². The topological polar surface area (TPSA) is 82.1 Å². The highest BCUT2D eigenvalue weighted by Gasteiger charge is 2.30. The highest BCUT2D eigenvalue weighted by atomic mass is 16.5. The average molecular weight is 315 g/mol. The van der Waals surface area contributed by atoms with Gasteiger partial charge in [-0.1, -0.05) is 6.92 Å². The van der Waals surface area contributed by atoms with Crippen molar-refractivity contribution in [3.05, 3.63) is 0 Å². The van der Waals surface area contributed by atoms with Crippen LogP contribution in [0.5, 0.6) is 0 Å². The van der Waals surface area contributed by atoms with Gasteiger partial charge in [0, 0.05) is 46.4 Å². The molecule has 0 spiro atoms. The molecule has 1 heterocycles. The number of rotatable bonds is 9. The molecule has 7 nitrogen and oxygen atoms in total. The fourth-order valence-electron chi connectivity index (χ4n) is 2.77. The maximum absolute atomic E-state index is 12.1. The second-order valence-electron chi connectivity index (χ2n) is 5.65. The molecule has 0 bridgehead atoms. The molecule has 0 aliphatic carbocycles. The second-order valence-corrected chi connectivity index (χ2v) is 5.65. The largest absolute Gasteiger partial charge is 0.480 e. The summed E-state index contributed by atoms with van der Waals surface area (Å²) in [5.41, 5.74) is 0. The number of hydrogen-bond acceptors (Lipinski definition) is 5. The number of aliphatic carboxylic acids is 1. The monoisotopic (exact) mass is 315 g/mol. The van der Waals surface area contributed by atoms with Gasteiger partial charge >= 0.3 is 5.97 Å². The van der Waals surface area contributed by atoms with Crippen molar-refractivity contribution in [2.24, 2.45) is 0 Å². The van der Waals surface area contributed by atoms with E-state index in [0.717, 1.165) is 19.5 Å². The average Bonchev–Trinajstić information content (AvgIpc) is 2.51. The number of carbonyl (C=O) groups is 2. The first-order chi connectivity index (χ1) is 10.5. The number of nitrogens with zero attached hydrogens (tertiary/aromatic N) is 2. The van der Waals surface area contributed by atoms with E-state index in [-0.39, 0.29) is 11.9 Å². The number of piperazine rings is 1. The molecule has 1 aliphatic rings. The lowest BCUT2D eigenvalue weighted by Gasteiger charge is -2.39. The van der Waals surface area contributed by atoms with E-state index in [4.69, 9.17) is 4.74 Å². The van der Waals surface area contributed by atoms with E-state index in [1.54, 1.807) is 7.11 Å². The summed E-state index contributed by atoms with van der Waals surface area (Å²) in [6, 6.07) is -0.602. The molecule has 2 atom stereocenters. The molecule has 1 fully saturated rings. The van der Waals surface area contributed by atoms with Crippen molar-refractivity contribution in [3.8, 4) is 0 Å². The minimum Gasteiger partial charge on any atom is -0.480 e. The Balaban J connectivity index is 2.36. The SMILES string of the molecule is CCC(C(=O)O)N1CCN(C(C)C(=O)NCCCOC)CC1. The third-order valence-electron chi connectivity index (χ3n) is 4.21. The smallest absolute Gasteiger partial charge is 0.320 e. The highest BCUT2D eigenvalue weighted by Crippen LogP contribution is 2.12. The summed E-state index contributed by atoms with van der Waals surface area (Å²) in [5.74, 6) is -0.741. The van der Waals surface area contributed by atoms with Gasteiger partial charge in [0.2, 0.25) is 5.91 Å². The zero-order chi connectivity index (χ0) is 16.5. The first kappa shape index (κ1) is 18.9. The molecule has 0 aromatic heterocycles. The lowest BCUT2D eigenvalue weighted by atomic mass is 10.1. The number of carbonyl (C=O) groups excluding carboxylic acids is 1. The van der Waals surface area contributed by atoms with E-state index in [1.807, 2.05) is 18.7 Å². The molecule has 0 aromatic carbocycles. The lowest BCUT2D eigenvalue weighted by molar-refractivity contribution is -0.144. The number of carboxylic acid groups (broad SMARTS) is 1. The zero-order valence-corrected chi connectivity index (χ0v) is 13.9. The van der Waals surface area contributed by atoms with Crippen LogP contribution in [-0.2, 0) is 14.3 Å². The Morgan fingerprint density at radius 2 is 1.82 bits per heavy atom. The van der Waals surface area contributed by atoms with Crippen LogP contribution in [0.25, 0.3) is 0 Å². The fraction of sp³-hybridized carbons (Fsp3) is 0.867. The predicted octanol–water partition coefficient (Wildman–Crippen LogP) is 0.00840. The van der Waals surface area contributed by atoms with Crippen molar-refractivity contribution in [1.29, 1.82) is 0 Å². The van der Waals surface area contributed by atoms with E-state index >= 15 is 0 Å². The Morgan fingerprint density at radius 3 is 2.32 bits per heavy atom. The number of nitrogens with one attached hydrogen (secondary N) is 1. The van der Waals surface area contributed by atoms with E-state index in [9.17, 15) is 14.7 Å². The van der Waals surface area contributed by atoms with E-state index in [2.05, 4.69) is 10.2 Å². The maximum Gasteiger partial charge on any atom is 0.320 e. The summed E-state index contributed by atoms with van der Waals surface area (Å²) in [5, 5.41) is 12.1. The van der Waals surface area contributed by atoms with Crippen molar-refractivity contribution in [2.75, 3.05) is 46.4 Å². The van der Waals surface area contributed by atoms with Crippen molar-refractivity contribution in [3.63, 3.8) is 0 Å². The summed E-state index contributed by atoms with van der Waals surface area (Å²) < 4.78 is 4.95. The third-order valence-corrected chi connectivity index (χ3v) is 4.21. The molecular formula is C15H29N3O4. The fourth-order valence-corrected chi connectivity index (χ4v) is 2.77. The van der Waals surface area contributed by atoms with Crippen molar-refractivity contribution in [1.82, 2.24) is 15.1 Å². The molecule has 1 rings (SSSR count). The molecule has 0 radical (unpaired) electrons. The van der Waals surface area contributed by atoms with Crippen molar-refractivity contribution in [2.45, 2.75) is 38.8 Å². The normalized spacial score (nSPS) is 19.6. The molecule has 0 saturated carbocycles. The lowest BCUT2D eigenvalue weighted by Crippen LogP contribution is -2.57. The Kier molecular flexibility index (Phi) is 8.37. The summed E-state index contributed by atoms with van der Waals surface area (Å²) in [6.07, 6.45) is 1.41. The zero-order valence-electron chi connectivity index (χ0n) is 13.9. The van der Waals surface area contributed by atoms with Gasteiger partial charge in [0.25, 0.3) is 0 Å².